The number of fused-ring (bicyclic) bond motifs is 1. The second kappa shape index (κ2) is 5.57. The van der Waals surface area contributed by atoms with Gasteiger partial charge in [-0.25, -0.2) is 4.98 Å². The predicted molar refractivity (Wildman–Crippen MR) is 82.0 cm³/mol. The molecule has 98 valence electrons. The molecule has 2 aromatic carbocycles. The average Bonchev–Trinajstić information content (AvgIpc) is 2.88. The molecule has 0 unspecified atom stereocenters. The lowest BCUT2D eigenvalue weighted by atomic mass is 9.99. The molecule has 1 heterocycles. The third-order valence-corrected chi connectivity index (χ3v) is 3.03. The molecular formula is C16H19N3. The van der Waals surface area contributed by atoms with Gasteiger partial charge in [0.05, 0.1) is 11.9 Å². The van der Waals surface area contributed by atoms with E-state index in [1.807, 2.05) is 19.9 Å². The number of nitrogens with two attached hydrogens (primary N) is 1. The summed E-state index contributed by atoms with van der Waals surface area (Å²) in [5, 5.41) is 2.48. The Kier molecular flexibility index (Phi) is 3.85. The van der Waals surface area contributed by atoms with E-state index < -0.39 is 0 Å². The van der Waals surface area contributed by atoms with Crippen LogP contribution in [0.1, 0.15) is 19.4 Å². The molecule has 3 nitrogen and oxygen atoms in total. The molecule has 0 aliphatic rings. The van der Waals surface area contributed by atoms with E-state index in [9.17, 15) is 0 Å². The number of imidazole rings is 1. The monoisotopic (exact) mass is 253 g/mol. The molecule has 0 amide bonds. The first kappa shape index (κ1) is 13.1. The largest absolute Gasteiger partial charge is 0.369 e. The van der Waals surface area contributed by atoms with Crippen molar-refractivity contribution in [3.63, 3.8) is 0 Å². The summed E-state index contributed by atoms with van der Waals surface area (Å²) >= 11 is 0. The van der Waals surface area contributed by atoms with Crippen molar-refractivity contribution in [2.24, 2.45) is 0 Å². The Bertz CT molecular complexity index is 683. The van der Waals surface area contributed by atoms with E-state index in [0.717, 1.165) is 11.3 Å². The molecule has 19 heavy (non-hydrogen) atoms. The van der Waals surface area contributed by atoms with E-state index in [-0.39, 0.29) is 0 Å². The number of H-pyrrole nitrogens is 1. The third-order valence-electron chi connectivity index (χ3n) is 3.03. The zero-order chi connectivity index (χ0) is 13.8. The zero-order valence-corrected chi connectivity index (χ0v) is 11.6. The summed E-state index contributed by atoms with van der Waals surface area (Å²) < 4.78 is 0. The Morgan fingerprint density at radius 3 is 2.32 bits per heavy atom. The second-order valence-electron chi connectivity index (χ2n) is 4.16. The van der Waals surface area contributed by atoms with Crippen LogP contribution < -0.4 is 5.73 Å². The van der Waals surface area contributed by atoms with Gasteiger partial charge in [0.2, 0.25) is 0 Å². The molecular weight excluding hydrogens is 234 g/mol. The van der Waals surface area contributed by atoms with Gasteiger partial charge in [0.1, 0.15) is 0 Å². The number of nitrogens with one attached hydrogen (secondary N) is 1. The summed E-state index contributed by atoms with van der Waals surface area (Å²) in [5.41, 5.74) is 8.99. The van der Waals surface area contributed by atoms with Crippen molar-refractivity contribution >= 4 is 16.7 Å². The summed E-state index contributed by atoms with van der Waals surface area (Å²) in [6, 6.07) is 12.6. The molecule has 0 spiro atoms. The van der Waals surface area contributed by atoms with Gasteiger partial charge in [-0.05, 0) is 23.3 Å². The van der Waals surface area contributed by atoms with Crippen LogP contribution in [0.15, 0.2) is 42.6 Å². The maximum Gasteiger partial charge on any atom is 0.197 e. The number of rotatable bonds is 1. The lowest BCUT2D eigenvalue weighted by Crippen LogP contribution is -1.87. The van der Waals surface area contributed by atoms with Crippen LogP contribution in [0.4, 0.5) is 5.95 Å². The van der Waals surface area contributed by atoms with Gasteiger partial charge in [-0.2, -0.15) is 0 Å². The van der Waals surface area contributed by atoms with Crippen molar-refractivity contribution < 1.29 is 0 Å². The molecule has 0 radical (unpaired) electrons. The molecule has 0 bridgehead atoms. The first-order chi connectivity index (χ1) is 9.25. The minimum absolute atomic E-state index is 0.449. The number of hydrogen-bond donors (Lipinski definition) is 2. The standard InChI is InChI=1S/C14H13N3.C2H6/c1-9-6-7-12(13-8-16-14(15)17-13)11-5-3-2-4-10(9)11;1-2/h2-8H,1H3,(H3,15,16,17);1-2H3. The third kappa shape index (κ3) is 2.45. The number of aromatic nitrogens is 2. The molecule has 0 aliphatic heterocycles. The lowest BCUT2D eigenvalue weighted by Gasteiger charge is -2.07. The zero-order valence-electron chi connectivity index (χ0n) is 11.6. The van der Waals surface area contributed by atoms with Crippen LogP contribution >= 0.6 is 0 Å². The number of nitrogens with zero attached hydrogens (tertiary/aromatic N) is 1. The van der Waals surface area contributed by atoms with Crippen molar-refractivity contribution in [3.8, 4) is 11.3 Å². The summed E-state index contributed by atoms with van der Waals surface area (Å²) in [6.45, 7) is 6.12. The van der Waals surface area contributed by atoms with Crippen LogP contribution in [0, 0.1) is 6.92 Å². The maximum atomic E-state index is 5.62. The van der Waals surface area contributed by atoms with Crippen molar-refractivity contribution in [1.82, 2.24) is 9.97 Å². The highest BCUT2D eigenvalue weighted by molar-refractivity contribution is 5.97. The average molecular weight is 253 g/mol. The Labute approximate surface area is 113 Å². The fourth-order valence-electron chi connectivity index (χ4n) is 2.16. The van der Waals surface area contributed by atoms with E-state index in [1.165, 1.54) is 16.3 Å². The Balaban J connectivity index is 0.000000637. The van der Waals surface area contributed by atoms with E-state index in [4.69, 9.17) is 5.73 Å². The molecule has 3 N–H and O–H groups in total. The highest BCUT2D eigenvalue weighted by Gasteiger charge is 2.07. The highest BCUT2D eigenvalue weighted by atomic mass is 15.0. The number of benzene rings is 2. The lowest BCUT2D eigenvalue weighted by molar-refractivity contribution is 1.33. The van der Waals surface area contributed by atoms with Gasteiger partial charge >= 0.3 is 0 Å². The van der Waals surface area contributed by atoms with Gasteiger partial charge in [-0.3, -0.25) is 0 Å². The van der Waals surface area contributed by atoms with Crippen LogP contribution in [0.3, 0.4) is 0 Å². The minimum atomic E-state index is 0.449. The molecule has 0 aliphatic carbocycles. The molecule has 3 heteroatoms. The van der Waals surface area contributed by atoms with Gasteiger partial charge in [-0.1, -0.05) is 50.2 Å². The SMILES string of the molecule is CC.Cc1ccc(-c2cnc(N)[nH]2)c2ccccc12. The van der Waals surface area contributed by atoms with Gasteiger partial charge in [0.15, 0.2) is 5.95 Å². The topological polar surface area (TPSA) is 54.7 Å². The number of nitrogen functional groups attached to an aromatic ring is 1. The number of aromatic amines is 1. The first-order valence-corrected chi connectivity index (χ1v) is 6.55. The summed E-state index contributed by atoms with van der Waals surface area (Å²) in [6.07, 6.45) is 1.77. The van der Waals surface area contributed by atoms with Crippen LogP contribution in [0.5, 0.6) is 0 Å². The number of anilines is 1. The van der Waals surface area contributed by atoms with Gasteiger partial charge in [-0.15, -0.1) is 0 Å². The Hall–Kier alpha value is -2.29. The van der Waals surface area contributed by atoms with Crippen LogP contribution in [0.2, 0.25) is 0 Å². The molecule has 0 saturated heterocycles. The molecule has 0 fully saturated rings. The smallest absolute Gasteiger partial charge is 0.197 e. The van der Waals surface area contributed by atoms with Crippen molar-refractivity contribution in [2.75, 3.05) is 5.73 Å². The normalized spacial score (nSPS) is 10.1. The van der Waals surface area contributed by atoms with Gasteiger partial charge in [0, 0.05) is 5.56 Å². The predicted octanol–water partition coefficient (Wildman–Crippen LogP) is 4.15. The number of aryl methyl sites for hydroxylation is 1. The van der Waals surface area contributed by atoms with E-state index in [2.05, 4.69) is 47.2 Å². The summed E-state index contributed by atoms with van der Waals surface area (Å²) in [5.74, 6) is 0.449. The molecule has 0 atom stereocenters. The Morgan fingerprint density at radius 1 is 1.00 bits per heavy atom. The first-order valence-electron chi connectivity index (χ1n) is 6.55. The van der Waals surface area contributed by atoms with Crippen LogP contribution in [-0.4, -0.2) is 9.97 Å². The molecule has 0 saturated carbocycles. The molecule has 3 aromatic rings. The van der Waals surface area contributed by atoms with Crippen LogP contribution in [0.25, 0.3) is 22.0 Å². The van der Waals surface area contributed by atoms with E-state index in [0.29, 0.717) is 5.95 Å². The van der Waals surface area contributed by atoms with Crippen molar-refractivity contribution in [3.05, 3.63) is 48.2 Å². The summed E-state index contributed by atoms with van der Waals surface area (Å²) in [7, 11) is 0. The minimum Gasteiger partial charge on any atom is -0.369 e. The van der Waals surface area contributed by atoms with Crippen molar-refractivity contribution in [1.29, 1.82) is 0 Å². The highest BCUT2D eigenvalue weighted by Crippen LogP contribution is 2.29. The summed E-state index contributed by atoms with van der Waals surface area (Å²) in [4.78, 5) is 7.12. The molecule has 1 aromatic heterocycles. The van der Waals surface area contributed by atoms with Crippen molar-refractivity contribution in [2.45, 2.75) is 20.8 Å². The fraction of sp³-hybridized carbons (Fsp3) is 0.188. The van der Waals surface area contributed by atoms with Gasteiger partial charge in [0.25, 0.3) is 0 Å². The van der Waals surface area contributed by atoms with Crippen LogP contribution in [-0.2, 0) is 0 Å². The van der Waals surface area contributed by atoms with Gasteiger partial charge < -0.3 is 10.7 Å². The number of hydrogen-bond acceptors (Lipinski definition) is 2. The van der Waals surface area contributed by atoms with E-state index >= 15 is 0 Å². The maximum absolute atomic E-state index is 5.62. The second-order valence-corrected chi connectivity index (χ2v) is 4.16. The fourth-order valence-corrected chi connectivity index (χ4v) is 2.16. The molecule has 3 rings (SSSR count). The Morgan fingerprint density at radius 2 is 1.68 bits per heavy atom. The van der Waals surface area contributed by atoms with E-state index in [1.54, 1.807) is 6.20 Å². The quantitative estimate of drug-likeness (QED) is 0.684.